The number of carbonyl (C=O) groups excluding carboxylic acids is 1. The summed E-state index contributed by atoms with van der Waals surface area (Å²) in [6.07, 6.45) is 0. The lowest BCUT2D eigenvalue weighted by Crippen LogP contribution is -2.48. The number of carbonyl (C=O) groups is 1. The van der Waals surface area contributed by atoms with Crippen LogP contribution in [-0.4, -0.2) is 56.6 Å². The SMILES string of the molecule is Cc1ccccc1-c1noc(CN2CCN(C(=O)c3cc4ccccc4n3Cc3ccccc3)CC2)n1. The molecule has 37 heavy (non-hydrogen) atoms. The van der Waals surface area contributed by atoms with E-state index in [1.807, 2.05) is 72.5 Å². The molecule has 6 rings (SSSR count). The van der Waals surface area contributed by atoms with Gasteiger partial charge in [-0.3, -0.25) is 9.69 Å². The van der Waals surface area contributed by atoms with Crippen LogP contribution in [0.2, 0.25) is 0 Å². The molecule has 3 aromatic carbocycles. The van der Waals surface area contributed by atoms with Crippen LogP contribution < -0.4 is 0 Å². The van der Waals surface area contributed by atoms with Gasteiger partial charge in [-0.15, -0.1) is 0 Å². The Morgan fingerprint density at radius 1 is 0.865 bits per heavy atom. The van der Waals surface area contributed by atoms with Crippen molar-refractivity contribution < 1.29 is 9.32 Å². The van der Waals surface area contributed by atoms with Crippen LogP contribution in [0.1, 0.15) is 27.5 Å². The Morgan fingerprint density at radius 2 is 1.59 bits per heavy atom. The van der Waals surface area contributed by atoms with Gasteiger partial charge in [-0.05, 0) is 30.2 Å². The fraction of sp³-hybridized carbons (Fsp3) is 0.233. The standard InChI is InChI=1S/C30H29N5O2/c1-22-9-5-7-13-25(22)29-31-28(37-32-29)21-33-15-17-34(18-16-33)30(36)27-19-24-12-6-8-14-26(24)35(27)20-23-10-3-2-4-11-23/h2-14,19H,15-18,20-21H2,1H3. The van der Waals surface area contributed by atoms with Crippen molar-refractivity contribution in [3.8, 4) is 11.4 Å². The molecule has 0 saturated carbocycles. The molecule has 5 aromatic rings. The van der Waals surface area contributed by atoms with Gasteiger partial charge in [0.15, 0.2) is 0 Å². The third-order valence-electron chi connectivity index (χ3n) is 7.09. The number of amides is 1. The Hall–Kier alpha value is -4.23. The molecule has 1 saturated heterocycles. The lowest BCUT2D eigenvalue weighted by molar-refractivity contribution is 0.0605. The van der Waals surface area contributed by atoms with Gasteiger partial charge in [-0.25, -0.2) is 0 Å². The summed E-state index contributed by atoms with van der Waals surface area (Å²) >= 11 is 0. The van der Waals surface area contributed by atoms with E-state index in [0.29, 0.717) is 37.9 Å². The minimum Gasteiger partial charge on any atom is -0.338 e. The van der Waals surface area contributed by atoms with E-state index in [-0.39, 0.29) is 5.91 Å². The molecule has 0 atom stereocenters. The third-order valence-corrected chi connectivity index (χ3v) is 7.09. The van der Waals surface area contributed by atoms with Gasteiger partial charge in [0.05, 0.1) is 6.54 Å². The Morgan fingerprint density at radius 3 is 2.41 bits per heavy atom. The molecule has 1 aliphatic rings. The number of fused-ring (bicyclic) bond motifs is 1. The van der Waals surface area contributed by atoms with E-state index in [2.05, 4.69) is 43.9 Å². The smallest absolute Gasteiger partial charge is 0.270 e. The van der Waals surface area contributed by atoms with Crippen LogP contribution in [-0.2, 0) is 13.1 Å². The van der Waals surface area contributed by atoms with Gasteiger partial charge < -0.3 is 14.0 Å². The van der Waals surface area contributed by atoms with Crippen molar-refractivity contribution in [2.45, 2.75) is 20.0 Å². The number of hydrogen-bond acceptors (Lipinski definition) is 5. The summed E-state index contributed by atoms with van der Waals surface area (Å²) in [5.41, 5.74) is 5.09. The highest BCUT2D eigenvalue weighted by atomic mass is 16.5. The van der Waals surface area contributed by atoms with Crippen LogP contribution in [0.3, 0.4) is 0 Å². The second kappa shape index (κ2) is 10.0. The number of hydrogen-bond donors (Lipinski definition) is 0. The molecule has 186 valence electrons. The van der Waals surface area contributed by atoms with E-state index in [1.54, 1.807) is 0 Å². The number of nitrogens with zero attached hydrogens (tertiary/aromatic N) is 5. The third kappa shape index (κ3) is 4.78. The first-order valence-electron chi connectivity index (χ1n) is 12.7. The van der Waals surface area contributed by atoms with Crippen LogP contribution in [0.15, 0.2) is 89.5 Å². The lowest BCUT2D eigenvalue weighted by Gasteiger charge is -2.34. The predicted octanol–water partition coefficient (Wildman–Crippen LogP) is 5.01. The maximum Gasteiger partial charge on any atom is 0.270 e. The van der Waals surface area contributed by atoms with Gasteiger partial charge in [0, 0.05) is 49.2 Å². The highest BCUT2D eigenvalue weighted by Crippen LogP contribution is 2.24. The summed E-state index contributed by atoms with van der Waals surface area (Å²) in [5.74, 6) is 1.29. The van der Waals surface area contributed by atoms with E-state index in [9.17, 15) is 4.79 Å². The zero-order valence-electron chi connectivity index (χ0n) is 20.9. The minimum atomic E-state index is 0.0754. The molecule has 7 heteroatoms. The normalized spacial score (nSPS) is 14.4. The van der Waals surface area contributed by atoms with Crippen molar-refractivity contribution in [2.24, 2.45) is 0 Å². The quantitative estimate of drug-likeness (QED) is 0.334. The number of aryl methyl sites for hydroxylation is 1. The summed E-state index contributed by atoms with van der Waals surface area (Å²) < 4.78 is 7.68. The van der Waals surface area contributed by atoms with Gasteiger partial charge >= 0.3 is 0 Å². The topological polar surface area (TPSA) is 67.4 Å². The van der Waals surface area contributed by atoms with E-state index in [0.717, 1.165) is 40.8 Å². The van der Waals surface area contributed by atoms with Gasteiger partial charge in [-0.2, -0.15) is 4.98 Å². The first-order chi connectivity index (χ1) is 18.2. The predicted molar refractivity (Wildman–Crippen MR) is 143 cm³/mol. The fourth-order valence-corrected chi connectivity index (χ4v) is 5.04. The van der Waals surface area contributed by atoms with Crippen molar-refractivity contribution in [3.63, 3.8) is 0 Å². The molecule has 1 amide bonds. The molecule has 0 bridgehead atoms. The van der Waals surface area contributed by atoms with Crippen LogP contribution in [0.25, 0.3) is 22.3 Å². The van der Waals surface area contributed by atoms with Crippen molar-refractivity contribution in [1.29, 1.82) is 0 Å². The Labute approximate surface area is 215 Å². The molecule has 0 aliphatic carbocycles. The summed E-state index contributed by atoms with van der Waals surface area (Å²) in [5, 5.41) is 5.26. The van der Waals surface area contributed by atoms with E-state index in [1.165, 1.54) is 5.56 Å². The Kier molecular flexibility index (Phi) is 6.28. The monoisotopic (exact) mass is 491 g/mol. The molecule has 1 aliphatic heterocycles. The maximum absolute atomic E-state index is 13.7. The number of benzene rings is 3. The van der Waals surface area contributed by atoms with E-state index in [4.69, 9.17) is 4.52 Å². The Balaban J connectivity index is 1.14. The highest BCUT2D eigenvalue weighted by molar-refractivity contribution is 5.99. The van der Waals surface area contributed by atoms with Crippen molar-refractivity contribution >= 4 is 16.8 Å². The largest absolute Gasteiger partial charge is 0.338 e. The number of rotatable bonds is 6. The average Bonchev–Trinajstić information content (AvgIpc) is 3.54. The van der Waals surface area contributed by atoms with E-state index < -0.39 is 0 Å². The molecule has 3 heterocycles. The van der Waals surface area contributed by atoms with Gasteiger partial charge in [-0.1, -0.05) is 78.0 Å². The summed E-state index contributed by atoms with van der Waals surface area (Å²) in [7, 11) is 0. The fourth-order valence-electron chi connectivity index (χ4n) is 5.04. The van der Waals surface area contributed by atoms with Crippen LogP contribution in [0.4, 0.5) is 0 Å². The molecule has 0 radical (unpaired) electrons. The van der Waals surface area contributed by atoms with Crippen molar-refractivity contribution in [3.05, 3.63) is 108 Å². The lowest BCUT2D eigenvalue weighted by atomic mass is 10.1. The minimum absolute atomic E-state index is 0.0754. The van der Waals surface area contributed by atoms with Gasteiger partial charge in [0.1, 0.15) is 5.69 Å². The molecule has 2 aromatic heterocycles. The zero-order chi connectivity index (χ0) is 25.2. The highest BCUT2D eigenvalue weighted by Gasteiger charge is 2.26. The number of piperazine rings is 1. The molecular formula is C30H29N5O2. The van der Waals surface area contributed by atoms with Crippen LogP contribution in [0.5, 0.6) is 0 Å². The van der Waals surface area contributed by atoms with Crippen LogP contribution >= 0.6 is 0 Å². The number of aromatic nitrogens is 3. The van der Waals surface area contributed by atoms with Crippen molar-refractivity contribution in [1.82, 2.24) is 24.5 Å². The van der Waals surface area contributed by atoms with E-state index >= 15 is 0 Å². The first kappa shape index (κ1) is 23.2. The zero-order valence-corrected chi connectivity index (χ0v) is 20.9. The molecule has 1 fully saturated rings. The maximum atomic E-state index is 13.7. The second-order valence-corrected chi connectivity index (χ2v) is 9.56. The summed E-state index contributed by atoms with van der Waals surface area (Å²) in [6, 6.07) is 28.5. The Bertz CT molecular complexity index is 1530. The number of para-hydroxylation sites is 1. The summed E-state index contributed by atoms with van der Waals surface area (Å²) in [4.78, 5) is 22.5. The van der Waals surface area contributed by atoms with Gasteiger partial charge in [0.2, 0.25) is 11.7 Å². The van der Waals surface area contributed by atoms with Gasteiger partial charge in [0.25, 0.3) is 5.91 Å². The first-order valence-corrected chi connectivity index (χ1v) is 12.7. The molecule has 7 nitrogen and oxygen atoms in total. The van der Waals surface area contributed by atoms with Crippen LogP contribution in [0, 0.1) is 6.92 Å². The molecule has 0 N–H and O–H groups in total. The molecule has 0 unspecified atom stereocenters. The average molecular weight is 492 g/mol. The van der Waals surface area contributed by atoms with Crippen molar-refractivity contribution in [2.75, 3.05) is 26.2 Å². The molecule has 0 spiro atoms. The second-order valence-electron chi connectivity index (χ2n) is 9.56. The summed E-state index contributed by atoms with van der Waals surface area (Å²) in [6.45, 7) is 6.11. The molecular weight excluding hydrogens is 462 g/mol.